The third-order valence-electron chi connectivity index (χ3n) is 1.63. The molecular formula is C8H4ClI2N3. The van der Waals surface area contributed by atoms with Crippen LogP contribution in [0, 0.1) is 7.40 Å². The van der Waals surface area contributed by atoms with Crippen molar-refractivity contribution in [2.24, 2.45) is 0 Å². The summed E-state index contributed by atoms with van der Waals surface area (Å²) in [6.07, 6.45) is 3.37. The van der Waals surface area contributed by atoms with Gasteiger partial charge < -0.3 is 0 Å². The van der Waals surface area contributed by atoms with Gasteiger partial charge in [-0.05, 0) is 57.3 Å². The van der Waals surface area contributed by atoms with Crippen molar-refractivity contribution < 1.29 is 0 Å². The lowest BCUT2D eigenvalue weighted by molar-refractivity contribution is 0.969. The molecule has 2 aromatic heterocycles. The maximum atomic E-state index is 5.75. The Hall–Kier alpha value is 0.110. The van der Waals surface area contributed by atoms with Crippen LogP contribution in [0.5, 0.6) is 0 Å². The van der Waals surface area contributed by atoms with Crippen LogP contribution < -0.4 is 0 Å². The van der Waals surface area contributed by atoms with Gasteiger partial charge in [0.25, 0.3) is 0 Å². The van der Waals surface area contributed by atoms with E-state index in [4.69, 9.17) is 11.6 Å². The molecule has 72 valence electrons. The summed E-state index contributed by atoms with van der Waals surface area (Å²) in [4.78, 5) is 8.39. The Labute approximate surface area is 113 Å². The van der Waals surface area contributed by atoms with E-state index in [9.17, 15) is 0 Å². The topological polar surface area (TPSA) is 30.7 Å². The fraction of sp³-hybridized carbons (Fsp3) is 0. The lowest BCUT2D eigenvalue weighted by Crippen LogP contribution is -1.97. The third kappa shape index (κ3) is 2.03. The number of imidazole rings is 1. The molecule has 0 saturated heterocycles. The Morgan fingerprint density at radius 2 is 2.00 bits per heavy atom. The summed E-state index contributed by atoms with van der Waals surface area (Å²) in [7, 11) is 0. The molecule has 0 bridgehead atoms. The zero-order valence-electron chi connectivity index (χ0n) is 6.78. The summed E-state index contributed by atoms with van der Waals surface area (Å²) < 4.78 is 3.94. The number of rotatable bonds is 1. The van der Waals surface area contributed by atoms with E-state index in [1.807, 2.05) is 16.7 Å². The molecule has 6 heteroatoms. The minimum Gasteiger partial charge on any atom is -0.277 e. The Kier molecular flexibility index (Phi) is 3.27. The molecule has 0 radical (unpaired) electrons. The molecule has 0 amide bonds. The van der Waals surface area contributed by atoms with Gasteiger partial charge in [-0.1, -0.05) is 11.6 Å². The van der Waals surface area contributed by atoms with Crippen LogP contribution in [-0.2, 0) is 0 Å². The molecule has 0 aliphatic carbocycles. The smallest absolute Gasteiger partial charge is 0.138 e. The highest BCUT2D eigenvalue weighted by atomic mass is 127. The molecule has 0 N–H and O–H groups in total. The Bertz CT molecular complexity index is 452. The standard InChI is InChI=1S/C8H4ClI2N3/c9-5-1-2-6(12-3-5)14-4-13-7(10)8(14)11/h1-4H. The number of pyridine rings is 1. The van der Waals surface area contributed by atoms with E-state index in [0.717, 1.165) is 13.2 Å². The normalized spacial score (nSPS) is 10.5. The van der Waals surface area contributed by atoms with Crippen molar-refractivity contribution in [2.45, 2.75) is 0 Å². The Morgan fingerprint density at radius 3 is 2.50 bits per heavy atom. The van der Waals surface area contributed by atoms with E-state index in [1.54, 1.807) is 12.5 Å². The van der Waals surface area contributed by atoms with Crippen molar-refractivity contribution >= 4 is 56.8 Å². The predicted molar refractivity (Wildman–Crippen MR) is 71.8 cm³/mol. The van der Waals surface area contributed by atoms with Crippen molar-refractivity contribution in [2.75, 3.05) is 0 Å². The molecule has 2 heterocycles. The van der Waals surface area contributed by atoms with Crippen LogP contribution in [0.3, 0.4) is 0 Å². The van der Waals surface area contributed by atoms with E-state index < -0.39 is 0 Å². The van der Waals surface area contributed by atoms with Gasteiger partial charge in [-0.25, -0.2) is 9.97 Å². The molecule has 2 aromatic rings. The van der Waals surface area contributed by atoms with E-state index >= 15 is 0 Å². The van der Waals surface area contributed by atoms with Crippen LogP contribution in [0.25, 0.3) is 5.82 Å². The fourth-order valence-electron chi connectivity index (χ4n) is 0.982. The number of hydrogen-bond acceptors (Lipinski definition) is 2. The second kappa shape index (κ2) is 4.31. The number of hydrogen-bond donors (Lipinski definition) is 0. The molecule has 0 atom stereocenters. The zero-order chi connectivity index (χ0) is 10.1. The summed E-state index contributed by atoms with van der Waals surface area (Å²) in [5.74, 6) is 0.828. The summed E-state index contributed by atoms with van der Waals surface area (Å²) in [5.41, 5.74) is 0. The SMILES string of the molecule is Clc1ccc(-n2cnc(I)c2I)nc1. The number of aromatic nitrogens is 3. The molecule has 0 aromatic carbocycles. The predicted octanol–water partition coefficient (Wildman–Crippen LogP) is 3.13. The first kappa shape index (κ1) is 10.6. The fourth-order valence-corrected chi connectivity index (χ4v) is 1.99. The number of nitrogens with zero attached hydrogens (tertiary/aromatic N) is 3. The zero-order valence-corrected chi connectivity index (χ0v) is 11.9. The van der Waals surface area contributed by atoms with Gasteiger partial charge >= 0.3 is 0 Å². The van der Waals surface area contributed by atoms with Crippen molar-refractivity contribution in [1.29, 1.82) is 0 Å². The van der Waals surface area contributed by atoms with Crippen LogP contribution in [0.2, 0.25) is 5.02 Å². The average molecular weight is 431 g/mol. The van der Waals surface area contributed by atoms with Gasteiger partial charge in [-0.2, -0.15) is 0 Å². The monoisotopic (exact) mass is 431 g/mol. The van der Waals surface area contributed by atoms with E-state index in [-0.39, 0.29) is 0 Å². The van der Waals surface area contributed by atoms with Gasteiger partial charge in [-0.3, -0.25) is 4.57 Å². The highest BCUT2D eigenvalue weighted by Gasteiger charge is 2.07. The molecule has 14 heavy (non-hydrogen) atoms. The second-order valence-corrected chi connectivity index (χ2v) is 5.01. The number of halogens is 3. The van der Waals surface area contributed by atoms with Crippen molar-refractivity contribution in [3.8, 4) is 5.82 Å². The van der Waals surface area contributed by atoms with Crippen molar-refractivity contribution in [3.05, 3.63) is 37.1 Å². The molecule has 0 spiro atoms. The summed E-state index contributed by atoms with van der Waals surface area (Å²) >= 11 is 10.2. The van der Waals surface area contributed by atoms with Crippen LogP contribution in [0.1, 0.15) is 0 Å². The molecule has 0 aliphatic heterocycles. The maximum absolute atomic E-state index is 5.75. The van der Waals surface area contributed by atoms with Crippen LogP contribution >= 0.6 is 56.8 Å². The minimum absolute atomic E-state index is 0.638. The highest BCUT2D eigenvalue weighted by Crippen LogP contribution is 2.17. The highest BCUT2D eigenvalue weighted by molar-refractivity contribution is 14.1. The minimum atomic E-state index is 0.638. The lowest BCUT2D eigenvalue weighted by atomic mass is 10.4. The van der Waals surface area contributed by atoms with Gasteiger partial charge in [0.2, 0.25) is 0 Å². The summed E-state index contributed by atoms with van der Waals surface area (Å²) in [5, 5.41) is 0.638. The molecule has 2 rings (SSSR count). The van der Waals surface area contributed by atoms with E-state index in [0.29, 0.717) is 5.02 Å². The lowest BCUT2D eigenvalue weighted by Gasteiger charge is -2.01. The largest absolute Gasteiger partial charge is 0.277 e. The van der Waals surface area contributed by atoms with Gasteiger partial charge in [-0.15, -0.1) is 0 Å². The summed E-state index contributed by atoms with van der Waals surface area (Å²) in [6.45, 7) is 0. The molecule has 0 fully saturated rings. The first-order valence-electron chi connectivity index (χ1n) is 3.69. The average Bonchev–Trinajstić information content (AvgIpc) is 2.50. The van der Waals surface area contributed by atoms with Crippen molar-refractivity contribution in [3.63, 3.8) is 0 Å². The summed E-state index contributed by atoms with van der Waals surface area (Å²) in [6, 6.07) is 3.68. The Morgan fingerprint density at radius 1 is 1.21 bits per heavy atom. The van der Waals surface area contributed by atoms with Gasteiger partial charge in [0.1, 0.15) is 19.5 Å². The van der Waals surface area contributed by atoms with E-state index in [2.05, 4.69) is 55.1 Å². The Balaban J connectivity index is 2.49. The third-order valence-corrected chi connectivity index (χ3v) is 4.70. The first-order chi connectivity index (χ1) is 6.68. The molecule has 0 saturated carbocycles. The molecule has 0 unspecified atom stereocenters. The van der Waals surface area contributed by atoms with Gasteiger partial charge in [0.05, 0.1) is 5.02 Å². The van der Waals surface area contributed by atoms with Crippen molar-refractivity contribution in [1.82, 2.24) is 14.5 Å². The molecule has 3 nitrogen and oxygen atoms in total. The molecule has 0 aliphatic rings. The molecular weight excluding hydrogens is 427 g/mol. The van der Waals surface area contributed by atoms with Crippen LogP contribution in [0.4, 0.5) is 0 Å². The van der Waals surface area contributed by atoms with Gasteiger partial charge in [0.15, 0.2) is 0 Å². The second-order valence-electron chi connectivity index (χ2n) is 2.53. The van der Waals surface area contributed by atoms with E-state index in [1.165, 1.54) is 0 Å². The van der Waals surface area contributed by atoms with Gasteiger partial charge in [0, 0.05) is 6.20 Å². The maximum Gasteiger partial charge on any atom is 0.138 e. The quantitative estimate of drug-likeness (QED) is 0.650. The van der Waals surface area contributed by atoms with Crippen LogP contribution in [0.15, 0.2) is 24.7 Å². The van der Waals surface area contributed by atoms with Crippen LogP contribution in [-0.4, -0.2) is 14.5 Å². The first-order valence-corrected chi connectivity index (χ1v) is 6.22.